The average Bonchev–Trinajstić information content (AvgIpc) is 2.95. The van der Waals surface area contributed by atoms with E-state index in [9.17, 15) is 0 Å². The summed E-state index contributed by atoms with van der Waals surface area (Å²) >= 11 is 1.88. The first-order valence-electron chi connectivity index (χ1n) is 6.83. The Bertz CT molecular complexity index is 349. The highest BCUT2D eigenvalue weighted by atomic mass is 32.1. The van der Waals surface area contributed by atoms with Crippen LogP contribution in [0.1, 0.15) is 24.1 Å². The van der Waals surface area contributed by atoms with Crippen LogP contribution in [-0.4, -0.2) is 30.6 Å². The summed E-state index contributed by atoms with van der Waals surface area (Å²) in [6, 6.07) is 4.87. The number of nitrogens with two attached hydrogens (primary N) is 1. The summed E-state index contributed by atoms with van der Waals surface area (Å²) < 4.78 is 0. The van der Waals surface area contributed by atoms with Crippen molar-refractivity contribution in [3.63, 3.8) is 0 Å². The Morgan fingerprint density at radius 2 is 2.29 bits per heavy atom. The van der Waals surface area contributed by atoms with Crippen molar-refractivity contribution in [2.45, 2.75) is 31.7 Å². The van der Waals surface area contributed by atoms with E-state index in [1.807, 2.05) is 11.3 Å². The molecule has 1 aromatic rings. The van der Waals surface area contributed by atoms with Crippen LogP contribution in [0.15, 0.2) is 17.5 Å². The first kappa shape index (κ1) is 11.7. The monoisotopic (exact) mass is 250 g/mol. The summed E-state index contributed by atoms with van der Waals surface area (Å²) in [5, 5.41) is 2.18. The molecular weight excluding hydrogens is 228 g/mol. The van der Waals surface area contributed by atoms with E-state index in [0.717, 1.165) is 11.8 Å². The Kier molecular flexibility index (Phi) is 3.50. The normalized spacial score (nSPS) is 33.8. The van der Waals surface area contributed by atoms with Gasteiger partial charge in [-0.15, -0.1) is 11.3 Å². The van der Waals surface area contributed by atoms with Crippen LogP contribution in [-0.2, 0) is 6.42 Å². The SMILES string of the molecule is NC1CCCC2CN(CCc3cccs3)CC12. The van der Waals surface area contributed by atoms with E-state index in [1.54, 1.807) is 0 Å². The minimum Gasteiger partial charge on any atom is -0.327 e. The Morgan fingerprint density at radius 3 is 3.06 bits per heavy atom. The maximum Gasteiger partial charge on any atom is 0.00825 e. The van der Waals surface area contributed by atoms with E-state index < -0.39 is 0 Å². The van der Waals surface area contributed by atoms with E-state index in [-0.39, 0.29) is 0 Å². The lowest BCUT2D eigenvalue weighted by Crippen LogP contribution is -2.38. The van der Waals surface area contributed by atoms with Crippen LogP contribution in [0.4, 0.5) is 0 Å². The predicted octanol–water partition coefficient (Wildman–Crippen LogP) is 2.35. The molecule has 3 rings (SSSR count). The molecule has 2 heterocycles. The summed E-state index contributed by atoms with van der Waals surface area (Å²) in [6.07, 6.45) is 5.22. The molecule has 1 aliphatic heterocycles. The van der Waals surface area contributed by atoms with Crippen LogP contribution < -0.4 is 5.73 Å². The van der Waals surface area contributed by atoms with Gasteiger partial charge in [0.2, 0.25) is 0 Å². The fraction of sp³-hybridized carbons (Fsp3) is 0.714. The fourth-order valence-electron chi connectivity index (χ4n) is 3.51. The van der Waals surface area contributed by atoms with Crippen LogP contribution in [0.2, 0.25) is 0 Å². The van der Waals surface area contributed by atoms with E-state index in [4.69, 9.17) is 5.73 Å². The molecule has 3 atom stereocenters. The molecule has 1 aromatic heterocycles. The summed E-state index contributed by atoms with van der Waals surface area (Å²) in [4.78, 5) is 4.16. The van der Waals surface area contributed by atoms with Crippen molar-refractivity contribution in [1.29, 1.82) is 0 Å². The van der Waals surface area contributed by atoms with E-state index in [2.05, 4.69) is 22.4 Å². The van der Waals surface area contributed by atoms with Gasteiger partial charge in [0, 0.05) is 30.6 Å². The third-order valence-electron chi connectivity index (χ3n) is 4.48. The molecule has 2 N–H and O–H groups in total. The zero-order valence-corrected chi connectivity index (χ0v) is 11.2. The first-order chi connectivity index (χ1) is 8.33. The van der Waals surface area contributed by atoms with Gasteiger partial charge in [0.05, 0.1) is 0 Å². The number of nitrogens with zero attached hydrogens (tertiary/aromatic N) is 1. The summed E-state index contributed by atoms with van der Waals surface area (Å²) in [5.41, 5.74) is 6.25. The Balaban J connectivity index is 1.53. The molecule has 0 bridgehead atoms. The van der Waals surface area contributed by atoms with Gasteiger partial charge in [0.15, 0.2) is 0 Å². The fourth-order valence-corrected chi connectivity index (χ4v) is 4.21. The Morgan fingerprint density at radius 1 is 1.35 bits per heavy atom. The van der Waals surface area contributed by atoms with Crippen LogP contribution in [0.5, 0.6) is 0 Å². The largest absolute Gasteiger partial charge is 0.327 e. The molecule has 0 aromatic carbocycles. The van der Waals surface area contributed by atoms with Crippen LogP contribution in [0.3, 0.4) is 0 Å². The summed E-state index contributed by atoms with van der Waals surface area (Å²) in [6.45, 7) is 3.77. The Labute approximate surface area is 108 Å². The molecule has 94 valence electrons. The summed E-state index contributed by atoms with van der Waals surface area (Å²) in [7, 11) is 0. The van der Waals surface area contributed by atoms with Crippen molar-refractivity contribution in [3.05, 3.63) is 22.4 Å². The van der Waals surface area contributed by atoms with Gasteiger partial charge in [-0.2, -0.15) is 0 Å². The van der Waals surface area contributed by atoms with Crippen molar-refractivity contribution in [2.24, 2.45) is 17.6 Å². The van der Waals surface area contributed by atoms with Gasteiger partial charge in [-0.3, -0.25) is 0 Å². The quantitative estimate of drug-likeness (QED) is 0.892. The van der Waals surface area contributed by atoms with Gasteiger partial charge >= 0.3 is 0 Å². The lowest BCUT2D eigenvalue weighted by molar-refractivity contribution is 0.259. The maximum absolute atomic E-state index is 6.25. The van der Waals surface area contributed by atoms with E-state index in [0.29, 0.717) is 6.04 Å². The third kappa shape index (κ3) is 2.56. The van der Waals surface area contributed by atoms with Gasteiger partial charge in [-0.1, -0.05) is 12.5 Å². The molecule has 2 nitrogen and oxygen atoms in total. The lowest BCUT2D eigenvalue weighted by Gasteiger charge is -2.29. The third-order valence-corrected chi connectivity index (χ3v) is 5.42. The minimum atomic E-state index is 0.473. The highest BCUT2D eigenvalue weighted by molar-refractivity contribution is 7.09. The molecule has 3 heteroatoms. The maximum atomic E-state index is 6.25. The van der Waals surface area contributed by atoms with Crippen molar-refractivity contribution in [3.8, 4) is 0 Å². The van der Waals surface area contributed by atoms with Crippen molar-refractivity contribution in [1.82, 2.24) is 4.90 Å². The standard InChI is InChI=1S/C14H22N2S/c15-14-5-1-3-11-9-16(10-13(11)14)7-6-12-4-2-8-17-12/h2,4,8,11,13-14H,1,3,5-7,9-10,15H2. The lowest BCUT2D eigenvalue weighted by atomic mass is 9.78. The zero-order chi connectivity index (χ0) is 11.7. The van der Waals surface area contributed by atoms with Crippen molar-refractivity contribution >= 4 is 11.3 Å². The summed E-state index contributed by atoms with van der Waals surface area (Å²) in [5.74, 6) is 1.68. The molecule has 2 fully saturated rings. The molecule has 2 aliphatic rings. The predicted molar refractivity (Wildman–Crippen MR) is 73.3 cm³/mol. The molecule has 3 unspecified atom stereocenters. The molecule has 1 saturated heterocycles. The highest BCUT2D eigenvalue weighted by Gasteiger charge is 2.38. The number of thiophene rings is 1. The zero-order valence-electron chi connectivity index (χ0n) is 10.3. The van der Waals surface area contributed by atoms with Crippen LogP contribution in [0.25, 0.3) is 0 Å². The number of rotatable bonds is 3. The minimum absolute atomic E-state index is 0.473. The number of hydrogen-bond acceptors (Lipinski definition) is 3. The van der Waals surface area contributed by atoms with Crippen molar-refractivity contribution < 1.29 is 0 Å². The second-order valence-corrected chi connectivity index (χ2v) is 6.64. The molecule has 0 spiro atoms. The van der Waals surface area contributed by atoms with E-state index >= 15 is 0 Å². The second-order valence-electron chi connectivity index (χ2n) is 5.61. The van der Waals surface area contributed by atoms with Crippen LogP contribution in [0, 0.1) is 11.8 Å². The number of hydrogen-bond donors (Lipinski definition) is 1. The first-order valence-corrected chi connectivity index (χ1v) is 7.71. The average molecular weight is 250 g/mol. The van der Waals surface area contributed by atoms with Gasteiger partial charge in [0.1, 0.15) is 0 Å². The Hall–Kier alpha value is -0.380. The highest BCUT2D eigenvalue weighted by Crippen LogP contribution is 2.35. The second kappa shape index (κ2) is 5.09. The molecular formula is C14H22N2S. The van der Waals surface area contributed by atoms with E-state index in [1.165, 1.54) is 50.2 Å². The van der Waals surface area contributed by atoms with Gasteiger partial charge in [-0.25, -0.2) is 0 Å². The van der Waals surface area contributed by atoms with Crippen molar-refractivity contribution in [2.75, 3.05) is 19.6 Å². The van der Waals surface area contributed by atoms with Gasteiger partial charge < -0.3 is 10.6 Å². The van der Waals surface area contributed by atoms with Gasteiger partial charge in [-0.05, 0) is 42.5 Å². The number of fused-ring (bicyclic) bond motifs is 1. The number of likely N-dealkylation sites (tertiary alicyclic amines) is 1. The molecule has 1 saturated carbocycles. The van der Waals surface area contributed by atoms with Crippen LogP contribution >= 0.6 is 11.3 Å². The topological polar surface area (TPSA) is 29.3 Å². The molecule has 17 heavy (non-hydrogen) atoms. The molecule has 1 aliphatic carbocycles. The smallest absolute Gasteiger partial charge is 0.00825 e. The van der Waals surface area contributed by atoms with Gasteiger partial charge in [0.25, 0.3) is 0 Å². The molecule has 0 amide bonds. The molecule has 0 radical (unpaired) electrons.